The molecule has 0 N–H and O–H groups in total. The van der Waals surface area contributed by atoms with Crippen molar-refractivity contribution in [1.29, 1.82) is 0 Å². The SMILES string of the molecule is COc1ccc(CO[C@@H]2[C@@H]3OC(C)(C)O[C@@H]3[C@@](COCc3ccccc3)(OCc3ccccc3)[C@@H]2N=[N+]=[N-])cc1. The van der Waals surface area contributed by atoms with Gasteiger partial charge in [0, 0.05) is 4.91 Å². The van der Waals surface area contributed by atoms with Gasteiger partial charge in [-0.05, 0) is 48.2 Å². The number of fused-ring (bicyclic) bond motifs is 1. The molecule has 1 aliphatic heterocycles. The van der Waals surface area contributed by atoms with Crippen molar-refractivity contribution in [1.82, 2.24) is 0 Å². The lowest BCUT2D eigenvalue weighted by Crippen LogP contribution is -2.55. The summed E-state index contributed by atoms with van der Waals surface area (Å²) in [6, 6.07) is 26.6. The van der Waals surface area contributed by atoms with Crippen molar-refractivity contribution in [2.75, 3.05) is 13.7 Å². The molecule has 1 aliphatic carbocycles. The predicted molar refractivity (Wildman–Crippen MR) is 148 cm³/mol. The average Bonchev–Trinajstić information content (AvgIpc) is 3.41. The normalized spacial score (nSPS) is 26.7. The van der Waals surface area contributed by atoms with Crippen molar-refractivity contribution >= 4 is 0 Å². The maximum Gasteiger partial charge on any atom is 0.164 e. The van der Waals surface area contributed by atoms with Crippen LogP contribution in [0.2, 0.25) is 0 Å². The molecule has 0 spiro atoms. The van der Waals surface area contributed by atoms with Crippen molar-refractivity contribution in [2.45, 2.75) is 69.4 Å². The second-order valence-corrected chi connectivity index (χ2v) is 10.5. The molecule has 9 heteroatoms. The Balaban J connectivity index is 1.46. The Hall–Kier alpha value is -3.43. The molecule has 40 heavy (non-hydrogen) atoms. The van der Waals surface area contributed by atoms with E-state index in [1.807, 2.05) is 98.8 Å². The topological polar surface area (TPSA) is 104 Å². The van der Waals surface area contributed by atoms with Gasteiger partial charge in [0.2, 0.25) is 0 Å². The Morgan fingerprint density at radius 2 is 1.45 bits per heavy atom. The molecule has 2 fully saturated rings. The summed E-state index contributed by atoms with van der Waals surface area (Å²) in [5.41, 5.74) is 11.5. The van der Waals surface area contributed by atoms with Crippen molar-refractivity contribution in [3.05, 3.63) is 112 Å². The van der Waals surface area contributed by atoms with Crippen LogP contribution in [-0.2, 0) is 43.5 Å². The molecule has 1 saturated carbocycles. The van der Waals surface area contributed by atoms with Gasteiger partial charge >= 0.3 is 0 Å². The summed E-state index contributed by atoms with van der Waals surface area (Å²) in [6.07, 6.45) is -1.78. The highest BCUT2D eigenvalue weighted by Gasteiger charge is 2.68. The van der Waals surface area contributed by atoms with Gasteiger partial charge in [-0.3, -0.25) is 0 Å². The third kappa shape index (κ3) is 6.15. The molecular formula is C31H35N3O6. The summed E-state index contributed by atoms with van der Waals surface area (Å²) in [4.78, 5) is 3.21. The minimum Gasteiger partial charge on any atom is -0.497 e. The highest BCUT2D eigenvalue weighted by atomic mass is 16.8. The second kappa shape index (κ2) is 12.4. The van der Waals surface area contributed by atoms with Gasteiger partial charge in [0.15, 0.2) is 5.79 Å². The molecule has 0 aromatic heterocycles. The van der Waals surface area contributed by atoms with Gasteiger partial charge in [0.05, 0.1) is 39.6 Å². The smallest absolute Gasteiger partial charge is 0.164 e. The Morgan fingerprint density at radius 1 is 0.825 bits per heavy atom. The Bertz CT molecular complexity index is 1280. The Labute approximate surface area is 234 Å². The standard InChI is InChI=1S/C31H35N3O6/c1-30(2)39-27-26(37-19-24-14-16-25(35-3)17-15-24)28(33-34-32)31(29(27)40-30,38-20-23-12-8-5-9-13-23)21-36-18-22-10-6-4-7-11-22/h4-17,26-29H,18-21H2,1-3H3/t26-,27+,28-,29+,31+/m1/s1. The van der Waals surface area contributed by atoms with E-state index in [2.05, 4.69) is 10.0 Å². The maximum absolute atomic E-state index is 9.69. The van der Waals surface area contributed by atoms with Crippen LogP contribution in [0, 0.1) is 0 Å². The third-order valence-corrected chi connectivity index (χ3v) is 7.31. The molecule has 2 aliphatic rings. The molecule has 0 unspecified atom stereocenters. The van der Waals surface area contributed by atoms with E-state index in [4.69, 9.17) is 28.4 Å². The minimum absolute atomic E-state index is 0.113. The average molecular weight is 546 g/mol. The van der Waals surface area contributed by atoms with E-state index in [0.717, 1.165) is 22.4 Å². The third-order valence-electron chi connectivity index (χ3n) is 7.31. The van der Waals surface area contributed by atoms with Crippen LogP contribution in [0.25, 0.3) is 10.4 Å². The summed E-state index contributed by atoms with van der Waals surface area (Å²) in [5.74, 6) is -0.131. The molecule has 9 nitrogen and oxygen atoms in total. The number of azide groups is 1. The minimum atomic E-state index is -1.17. The van der Waals surface area contributed by atoms with Crippen LogP contribution in [0.1, 0.15) is 30.5 Å². The zero-order valence-electron chi connectivity index (χ0n) is 23.0. The first kappa shape index (κ1) is 28.1. The predicted octanol–water partition coefficient (Wildman–Crippen LogP) is 5.97. The fourth-order valence-electron chi connectivity index (χ4n) is 5.42. The van der Waals surface area contributed by atoms with E-state index in [9.17, 15) is 5.53 Å². The van der Waals surface area contributed by atoms with Gasteiger partial charge in [0.25, 0.3) is 0 Å². The quantitative estimate of drug-likeness (QED) is 0.158. The van der Waals surface area contributed by atoms with E-state index in [-0.39, 0.29) is 19.8 Å². The van der Waals surface area contributed by atoms with Crippen LogP contribution in [0.5, 0.6) is 5.75 Å². The molecule has 3 aromatic carbocycles. The summed E-state index contributed by atoms with van der Waals surface area (Å²) >= 11 is 0. The number of methoxy groups -OCH3 is 1. The molecule has 210 valence electrons. The molecule has 5 rings (SSSR count). The molecule has 1 saturated heterocycles. The molecule has 1 heterocycles. The number of rotatable bonds is 12. The first-order valence-corrected chi connectivity index (χ1v) is 13.4. The molecule has 0 radical (unpaired) electrons. The lowest BCUT2D eigenvalue weighted by Gasteiger charge is -2.38. The van der Waals surface area contributed by atoms with Gasteiger partial charge in [0.1, 0.15) is 29.6 Å². The molecule has 0 amide bonds. The first-order chi connectivity index (χ1) is 19.4. The number of nitrogens with zero attached hydrogens (tertiary/aromatic N) is 3. The molecule has 3 aromatic rings. The fraction of sp³-hybridized carbons (Fsp3) is 0.419. The molecular weight excluding hydrogens is 510 g/mol. The van der Waals surface area contributed by atoms with Gasteiger partial charge in [-0.25, -0.2) is 0 Å². The highest BCUT2D eigenvalue weighted by molar-refractivity contribution is 5.27. The Kier molecular flexibility index (Phi) is 8.71. The highest BCUT2D eigenvalue weighted by Crippen LogP contribution is 2.49. The van der Waals surface area contributed by atoms with E-state index < -0.39 is 35.7 Å². The van der Waals surface area contributed by atoms with Crippen LogP contribution in [-0.4, -0.2) is 49.5 Å². The largest absolute Gasteiger partial charge is 0.497 e. The van der Waals surface area contributed by atoms with Crippen molar-refractivity contribution in [3.8, 4) is 5.75 Å². The lowest BCUT2D eigenvalue weighted by molar-refractivity contribution is -0.220. The summed E-state index contributed by atoms with van der Waals surface area (Å²) in [5, 5.41) is 4.24. The molecule has 5 atom stereocenters. The maximum atomic E-state index is 9.69. The molecule has 0 bridgehead atoms. The van der Waals surface area contributed by atoms with Crippen molar-refractivity contribution < 1.29 is 28.4 Å². The zero-order valence-corrected chi connectivity index (χ0v) is 23.0. The number of hydrogen-bond donors (Lipinski definition) is 0. The number of benzene rings is 3. The zero-order chi connectivity index (χ0) is 28.0. The summed E-state index contributed by atoms with van der Waals surface area (Å²) in [7, 11) is 1.63. The van der Waals surface area contributed by atoms with Crippen LogP contribution in [0.15, 0.2) is 90.0 Å². The van der Waals surface area contributed by atoms with E-state index >= 15 is 0 Å². The van der Waals surface area contributed by atoms with E-state index in [1.165, 1.54) is 0 Å². The number of ether oxygens (including phenoxy) is 6. The van der Waals surface area contributed by atoms with Crippen LogP contribution >= 0.6 is 0 Å². The number of hydrogen-bond acceptors (Lipinski definition) is 7. The van der Waals surface area contributed by atoms with Gasteiger partial charge in [-0.2, -0.15) is 0 Å². The second-order valence-electron chi connectivity index (χ2n) is 10.5. The van der Waals surface area contributed by atoms with Gasteiger partial charge in [-0.1, -0.05) is 77.9 Å². The fourth-order valence-corrected chi connectivity index (χ4v) is 5.42. The first-order valence-electron chi connectivity index (χ1n) is 13.4. The van der Waals surface area contributed by atoms with E-state index in [1.54, 1.807) is 7.11 Å². The lowest BCUT2D eigenvalue weighted by atomic mass is 9.95. The van der Waals surface area contributed by atoms with Crippen LogP contribution < -0.4 is 4.74 Å². The summed E-state index contributed by atoms with van der Waals surface area (Å²) in [6.45, 7) is 4.74. The van der Waals surface area contributed by atoms with Crippen LogP contribution in [0.3, 0.4) is 0 Å². The van der Waals surface area contributed by atoms with Crippen LogP contribution in [0.4, 0.5) is 0 Å². The van der Waals surface area contributed by atoms with Gasteiger partial charge in [-0.15, -0.1) is 0 Å². The van der Waals surface area contributed by atoms with E-state index in [0.29, 0.717) is 6.61 Å². The summed E-state index contributed by atoms with van der Waals surface area (Å²) < 4.78 is 37.5. The Morgan fingerprint density at radius 3 is 2.08 bits per heavy atom. The van der Waals surface area contributed by atoms with Gasteiger partial charge < -0.3 is 28.4 Å². The monoisotopic (exact) mass is 545 g/mol. The van der Waals surface area contributed by atoms with Crippen molar-refractivity contribution in [3.63, 3.8) is 0 Å². The van der Waals surface area contributed by atoms with Crippen molar-refractivity contribution in [2.24, 2.45) is 5.11 Å².